The fraction of sp³-hybridized carbons (Fsp3) is 0.269. The zero-order valence-corrected chi connectivity index (χ0v) is 18.4. The number of amides is 1. The standard InChI is InChI=1S/C26H27N5O2/c27-25(33)22-5-3-18(14-24(22)32)17-31-13-9-21-4-6-23(29-26(21)31)20-7-11-30(12-8-20)16-19-2-1-10-28-15-19/h1-6,9-10,13-15,20,32H,7-8,11-12,16-17H2,(H2,27,33). The number of aromatic nitrogens is 3. The third-order valence-corrected chi connectivity index (χ3v) is 6.45. The maximum absolute atomic E-state index is 11.4. The summed E-state index contributed by atoms with van der Waals surface area (Å²) in [6.45, 7) is 3.59. The second-order valence-electron chi connectivity index (χ2n) is 8.72. The highest BCUT2D eigenvalue weighted by molar-refractivity contribution is 5.95. The zero-order valence-electron chi connectivity index (χ0n) is 18.4. The van der Waals surface area contributed by atoms with Crippen LogP contribution in [0.5, 0.6) is 5.75 Å². The van der Waals surface area contributed by atoms with Gasteiger partial charge in [0.1, 0.15) is 11.4 Å². The molecule has 1 fully saturated rings. The van der Waals surface area contributed by atoms with Crippen LogP contribution in [-0.2, 0) is 13.1 Å². The highest BCUT2D eigenvalue weighted by Crippen LogP contribution is 2.29. The number of rotatable bonds is 6. The molecule has 0 saturated carbocycles. The summed E-state index contributed by atoms with van der Waals surface area (Å²) < 4.78 is 2.08. The van der Waals surface area contributed by atoms with Crippen LogP contribution in [0.3, 0.4) is 0 Å². The first-order chi connectivity index (χ1) is 16.1. The molecular formula is C26H27N5O2. The molecule has 0 aliphatic carbocycles. The summed E-state index contributed by atoms with van der Waals surface area (Å²) in [5, 5.41) is 11.2. The predicted molar refractivity (Wildman–Crippen MR) is 127 cm³/mol. The minimum absolute atomic E-state index is 0.0943. The molecule has 3 N–H and O–H groups in total. The summed E-state index contributed by atoms with van der Waals surface area (Å²) in [6.07, 6.45) is 7.93. The van der Waals surface area contributed by atoms with E-state index in [1.807, 2.05) is 30.7 Å². The maximum Gasteiger partial charge on any atom is 0.252 e. The third kappa shape index (κ3) is 4.59. The van der Waals surface area contributed by atoms with Gasteiger partial charge in [0.15, 0.2) is 0 Å². The molecule has 7 nitrogen and oxygen atoms in total. The summed E-state index contributed by atoms with van der Waals surface area (Å²) in [5.41, 5.74) is 9.62. The molecule has 0 bridgehead atoms. The van der Waals surface area contributed by atoms with E-state index in [1.165, 1.54) is 5.56 Å². The SMILES string of the molecule is NC(=O)c1ccc(Cn2ccc3ccc(C4CCN(Cc5cccnc5)CC4)nc32)cc1O. The predicted octanol–water partition coefficient (Wildman–Crippen LogP) is 3.66. The van der Waals surface area contributed by atoms with Crippen molar-refractivity contribution in [1.82, 2.24) is 19.4 Å². The molecule has 1 aliphatic rings. The molecule has 4 heterocycles. The number of carbonyl (C=O) groups excluding carboxylic acids is 1. The van der Waals surface area contributed by atoms with Crippen LogP contribution in [0.4, 0.5) is 0 Å². The smallest absolute Gasteiger partial charge is 0.252 e. The van der Waals surface area contributed by atoms with Crippen LogP contribution in [0, 0.1) is 0 Å². The summed E-state index contributed by atoms with van der Waals surface area (Å²) in [4.78, 5) is 23.1. The van der Waals surface area contributed by atoms with Crippen molar-refractivity contribution < 1.29 is 9.90 Å². The van der Waals surface area contributed by atoms with E-state index < -0.39 is 5.91 Å². The molecule has 5 rings (SSSR count). The van der Waals surface area contributed by atoms with Crippen molar-refractivity contribution in [1.29, 1.82) is 0 Å². The van der Waals surface area contributed by atoms with E-state index in [2.05, 4.69) is 38.7 Å². The number of nitrogens with zero attached hydrogens (tertiary/aromatic N) is 4. The molecule has 1 amide bonds. The van der Waals surface area contributed by atoms with Crippen LogP contribution >= 0.6 is 0 Å². The summed E-state index contributed by atoms with van der Waals surface area (Å²) in [7, 11) is 0. The summed E-state index contributed by atoms with van der Waals surface area (Å²) >= 11 is 0. The Labute approximate surface area is 192 Å². The lowest BCUT2D eigenvalue weighted by Gasteiger charge is -2.31. The Morgan fingerprint density at radius 2 is 1.91 bits per heavy atom. The molecule has 3 aromatic heterocycles. The Morgan fingerprint density at radius 3 is 2.64 bits per heavy atom. The van der Waals surface area contributed by atoms with E-state index in [9.17, 15) is 9.90 Å². The number of aromatic hydroxyl groups is 1. The number of pyridine rings is 2. The largest absolute Gasteiger partial charge is 0.507 e. The third-order valence-electron chi connectivity index (χ3n) is 6.45. The van der Waals surface area contributed by atoms with Crippen LogP contribution < -0.4 is 5.73 Å². The lowest BCUT2D eigenvalue weighted by Crippen LogP contribution is -2.32. The quantitative estimate of drug-likeness (QED) is 0.476. The first kappa shape index (κ1) is 21.2. The second-order valence-corrected chi connectivity index (χ2v) is 8.72. The van der Waals surface area contributed by atoms with Gasteiger partial charge in [-0.15, -0.1) is 0 Å². The van der Waals surface area contributed by atoms with Gasteiger partial charge in [0.25, 0.3) is 5.91 Å². The topological polar surface area (TPSA) is 97.3 Å². The van der Waals surface area contributed by atoms with E-state index >= 15 is 0 Å². The van der Waals surface area contributed by atoms with Gasteiger partial charge < -0.3 is 15.4 Å². The average Bonchev–Trinajstić information content (AvgIpc) is 3.22. The highest BCUT2D eigenvalue weighted by Gasteiger charge is 2.22. The normalized spacial score (nSPS) is 15.2. The highest BCUT2D eigenvalue weighted by atomic mass is 16.3. The minimum atomic E-state index is -0.636. The van der Waals surface area contributed by atoms with Gasteiger partial charge in [-0.2, -0.15) is 0 Å². The van der Waals surface area contributed by atoms with Crippen molar-refractivity contribution in [2.24, 2.45) is 5.73 Å². The van der Waals surface area contributed by atoms with E-state index in [0.717, 1.165) is 54.8 Å². The first-order valence-corrected chi connectivity index (χ1v) is 11.3. The second kappa shape index (κ2) is 9.03. The van der Waals surface area contributed by atoms with Gasteiger partial charge in [-0.25, -0.2) is 4.98 Å². The molecule has 0 spiro atoms. The molecule has 33 heavy (non-hydrogen) atoms. The van der Waals surface area contributed by atoms with Gasteiger partial charge >= 0.3 is 0 Å². The lowest BCUT2D eigenvalue weighted by molar-refractivity contribution is 0.0997. The number of primary amides is 1. The Morgan fingerprint density at radius 1 is 1.06 bits per heavy atom. The van der Waals surface area contributed by atoms with Gasteiger partial charge in [-0.3, -0.25) is 14.7 Å². The van der Waals surface area contributed by atoms with Crippen molar-refractivity contribution in [3.63, 3.8) is 0 Å². The average molecular weight is 442 g/mol. The maximum atomic E-state index is 11.4. The van der Waals surface area contributed by atoms with Crippen molar-refractivity contribution in [3.8, 4) is 5.75 Å². The molecule has 1 aliphatic heterocycles. The van der Waals surface area contributed by atoms with Crippen LogP contribution in [0.2, 0.25) is 0 Å². The Balaban J connectivity index is 1.30. The van der Waals surface area contributed by atoms with E-state index in [-0.39, 0.29) is 11.3 Å². The van der Waals surface area contributed by atoms with E-state index in [0.29, 0.717) is 12.5 Å². The van der Waals surface area contributed by atoms with Crippen molar-refractivity contribution in [2.75, 3.05) is 13.1 Å². The lowest BCUT2D eigenvalue weighted by atomic mass is 9.92. The van der Waals surface area contributed by atoms with Gasteiger partial charge in [-0.05, 0) is 73.5 Å². The summed E-state index contributed by atoms with van der Waals surface area (Å²) in [5.74, 6) is -0.284. The number of nitrogens with two attached hydrogens (primary N) is 1. The van der Waals surface area contributed by atoms with Crippen molar-refractivity contribution in [2.45, 2.75) is 31.8 Å². The van der Waals surface area contributed by atoms with Gasteiger partial charge in [0.2, 0.25) is 0 Å². The van der Waals surface area contributed by atoms with E-state index in [1.54, 1.807) is 12.1 Å². The minimum Gasteiger partial charge on any atom is -0.507 e. The number of fused-ring (bicyclic) bond motifs is 1. The summed E-state index contributed by atoms with van der Waals surface area (Å²) in [6, 6.07) is 15.4. The molecule has 7 heteroatoms. The fourth-order valence-corrected chi connectivity index (χ4v) is 4.65. The van der Waals surface area contributed by atoms with Crippen LogP contribution in [0.1, 0.15) is 45.9 Å². The first-order valence-electron chi connectivity index (χ1n) is 11.3. The molecule has 0 radical (unpaired) electrons. The number of likely N-dealkylation sites (tertiary alicyclic amines) is 1. The molecule has 0 unspecified atom stereocenters. The Kier molecular flexibility index (Phi) is 5.79. The van der Waals surface area contributed by atoms with Gasteiger partial charge in [0.05, 0.1) is 5.56 Å². The Hall–Kier alpha value is -3.71. The number of hydrogen-bond acceptors (Lipinski definition) is 5. The monoisotopic (exact) mass is 441 g/mol. The van der Waals surface area contributed by atoms with E-state index in [4.69, 9.17) is 10.7 Å². The number of hydrogen-bond donors (Lipinski definition) is 2. The van der Waals surface area contributed by atoms with Crippen LogP contribution in [0.15, 0.2) is 67.1 Å². The number of piperidine rings is 1. The molecular weight excluding hydrogens is 414 g/mol. The molecule has 1 saturated heterocycles. The van der Waals surface area contributed by atoms with Crippen LogP contribution in [-0.4, -0.2) is 43.5 Å². The number of phenols is 1. The number of benzene rings is 1. The van der Waals surface area contributed by atoms with Crippen molar-refractivity contribution in [3.05, 3.63) is 89.5 Å². The molecule has 168 valence electrons. The zero-order chi connectivity index (χ0) is 22.8. The molecule has 4 aromatic rings. The van der Waals surface area contributed by atoms with Gasteiger partial charge in [-0.1, -0.05) is 12.1 Å². The fourth-order valence-electron chi connectivity index (χ4n) is 4.65. The van der Waals surface area contributed by atoms with Gasteiger partial charge in [0, 0.05) is 48.7 Å². The molecule has 1 aromatic carbocycles. The Bertz CT molecular complexity index is 1280. The number of carbonyl (C=O) groups is 1. The van der Waals surface area contributed by atoms with Crippen LogP contribution in [0.25, 0.3) is 11.0 Å². The molecule has 0 atom stereocenters. The van der Waals surface area contributed by atoms with Crippen molar-refractivity contribution >= 4 is 16.9 Å².